The van der Waals surface area contributed by atoms with Gasteiger partial charge in [-0.1, -0.05) is 0 Å². The molecule has 1 atom stereocenters. The van der Waals surface area contributed by atoms with E-state index in [0.29, 0.717) is 0 Å². The number of carbonyl (C=O) groups excluding carboxylic acids is 1. The maximum atomic E-state index is 13.8. The largest absolute Gasteiger partial charge is 0.477 e. The van der Waals surface area contributed by atoms with Gasteiger partial charge in [0.1, 0.15) is 11.1 Å². The molecule has 0 aromatic rings. The fraction of sp³-hybridized carbons (Fsp3) is 0.818. The third kappa shape index (κ3) is 3.31. The maximum Gasteiger partial charge on any atom is 0.408 e. The highest BCUT2D eigenvalue weighted by molar-refractivity contribution is 5.79. The number of alkyl carbamates (subject to hydrolysis) is 1. The number of carboxylic acids is 1. The first kappa shape index (κ1) is 15.6. The normalized spacial score (nSPS) is 24.1. The second kappa shape index (κ2) is 4.92. The molecule has 1 aliphatic rings. The Balaban J connectivity index is 2.90. The van der Waals surface area contributed by atoms with Crippen molar-refractivity contribution in [1.82, 2.24) is 5.32 Å². The summed E-state index contributed by atoms with van der Waals surface area (Å²) in [6.07, 6.45) is -1.40. The van der Waals surface area contributed by atoms with Crippen molar-refractivity contribution >= 4 is 12.1 Å². The zero-order valence-electron chi connectivity index (χ0n) is 11.0. The molecule has 1 amide bonds. The third-order valence-electron chi connectivity index (χ3n) is 2.63. The quantitative estimate of drug-likeness (QED) is 0.816. The predicted molar refractivity (Wildman–Crippen MR) is 60.1 cm³/mol. The number of halogens is 2. The molecular formula is C11H17F2NO5. The summed E-state index contributed by atoms with van der Waals surface area (Å²) < 4.78 is 37.2. The lowest BCUT2D eigenvalue weighted by Gasteiger charge is -2.34. The molecule has 0 spiro atoms. The van der Waals surface area contributed by atoms with Crippen molar-refractivity contribution in [3.05, 3.63) is 0 Å². The number of amides is 1. The van der Waals surface area contributed by atoms with Crippen molar-refractivity contribution in [3.8, 4) is 0 Å². The van der Waals surface area contributed by atoms with Crippen LogP contribution in [0.2, 0.25) is 0 Å². The summed E-state index contributed by atoms with van der Waals surface area (Å²) in [6, 6.07) is 0. The Morgan fingerprint density at radius 1 is 1.37 bits per heavy atom. The van der Waals surface area contributed by atoms with Crippen molar-refractivity contribution < 1.29 is 33.0 Å². The average molecular weight is 281 g/mol. The summed E-state index contributed by atoms with van der Waals surface area (Å²) in [4.78, 5) is 22.3. The van der Waals surface area contributed by atoms with Gasteiger partial charge in [-0.25, -0.2) is 9.59 Å². The van der Waals surface area contributed by atoms with Gasteiger partial charge in [-0.3, -0.25) is 0 Å². The zero-order chi connectivity index (χ0) is 14.9. The SMILES string of the molecule is CC(C)(C)OC(=O)NC1(C(F)(F)C(=O)O)CCOC1. The minimum absolute atomic E-state index is 0.0569. The van der Waals surface area contributed by atoms with Crippen molar-refractivity contribution in [3.63, 3.8) is 0 Å². The van der Waals surface area contributed by atoms with Gasteiger partial charge < -0.3 is 19.9 Å². The van der Waals surface area contributed by atoms with Gasteiger partial charge in [0.15, 0.2) is 0 Å². The van der Waals surface area contributed by atoms with E-state index in [4.69, 9.17) is 14.6 Å². The summed E-state index contributed by atoms with van der Waals surface area (Å²) in [5.74, 6) is -6.45. The number of alkyl halides is 2. The first-order chi connectivity index (χ1) is 8.50. The Bertz CT molecular complexity index is 372. The van der Waals surface area contributed by atoms with Crippen LogP contribution in [0.3, 0.4) is 0 Å². The number of nitrogens with one attached hydrogen (secondary N) is 1. The lowest BCUT2D eigenvalue weighted by molar-refractivity contribution is -0.178. The third-order valence-corrected chi connectivity index (χ3v) is 2.63. The van der Waals surface area contributed by atoms with Gasteiger partial charge in [-0.05, 0) is 20.8 Å². The van der Waals surface area contributed by atoms with Crippen LogP contribution in [0.4, 0.5) is 13.6 Å². The number of aliphatic carboxylic acids is 1. The van der Waals surface area contributed by atoms with Crippen LogP contribution < -0.4 is 5.32 Å². The minimum atomic E-state index is -4.14. The number of rotatable bonds is 3. The smallest absolute Gasteiger partial charge is 0.408 e. The van der Waals surface area contributed by atoms with Gasteiger partial charge in [0.2, 0.25) is 0 Å². The average Bonchev–Trinajstić information content (AvgIpc) is 2.64. The molecule has 0 aromatic carbocycles. The highest BCUT2D eigenvalue weighted by atomic mass is 19.3. The molecule has 1 fully saturated rings. The lowest BCUT2D eigenvalue weighted by atomic mass is 9.90. The molecule has 1 saturated heterocycles. The van der Waals surface area contributed by atoms with Crippen LogP contribution in [0.25, 0.3) is 0 Å². The number of carboxylic acid groups (broad SMARTS) is 1. The fourth-order valence-corrected chi connectivity index (χ4v) is 1.69. The number of hydrogen-bond acceptors (Lipinski definition) is 4. The summed E-state index contributed by atoms with van der Waals surface area (Å²) in [7, 11) is 0. The number of carbonyl (C=O) groups is 2. The standard InChI is InChI=1S/C11H17F2NO5/c1-9(2,3)19-8(17)14-10(4-5-18-6-10)11(12,13)7(15)16/h4-6H2,1-3H3,(H,14,17)(H,15,16). The summed E-state index contributed by atoms with van der Waals surface area (Å²) in [5.41, 5.74) is -3.15. The Kier molecular flexibility index (Phi) is 4.04. The number of ether oxygens (including phenoxy) is 2. The predicted octanol–water partition coefficient (Wildman–Crippen LogP) is 1.39. The van der Waals surface area contributed by atoms with Crippen LogP contribution in [-0.4, -0.2) is 47.4 Å². The maximum absolute atomic E-state index is 13.8. The van der Waals surface area contributed by atoms with Crippen LogP contribution >= 0.6 is 0 Å². The van der Waals surface area contributed by atoms with Gasteiger partial charge >= 0.3 is 18.0 Å². The Hall–Kier alpha value is -1.44. The van der Waals surface area contributed by atoms with E-state index in [-0.39, 0.29) is 13.0 Å². The molecule has 2 N–H and O–H groups in total. The van der Waals surface area contributed by atoms with Crippen LogP contribution in [0.1, 0.15) is 27.2 Å². The molecule has 0 aliphatic carbocycles. The first-order valence-electron chi connectivity index (χ1n) is 5.70. The van der Waals surface area contributed by atoms with Crippen LogP contribution in [-0.2, 0) is 14.3 Å². The first-order valence-corrected chi connectivity index (χ1v) is 5.70. The second-order valence-electron chi connectivity index (χ2n) is 5.39. The highest BCUT2D eigenvalue weighted by Crippen LogP contribution is 2.36. The van der Waals surface area contributed by atoms with Crippen LogP contribution in [0.15, 0.2) is 0 Å². The summed E-state index contributed by atoms with van der Waals surface area (Å²) in [6.45, 7) is 4.07. The molecule has 0 saturated carbocycles. The van der Waals surface area contributed by atoms with Gasteiger partial charge in [-0.2, -0.15) is 8.78 Å². The van der Waals surface area contributed by atoms with Gasteiger partial charge in [-0.15, -0.1) is 0 Å². The Morgan fingerprint density at radius 3 is 2.32 bits per heavy atom. The lowest BCUT2D eigenvalue weighted by Crippen LogP contribution is -2.64. The van der Waals surface area contributed by atoms with Gasteiger partial charge in [0.05, 0.1) is 6.61 Å². The van der Waals surface area contributed by atoms with Crippen LogP contribution in [0, 0.1) is 0 Å². The van der Waals surface area contributed by atoms with Crippen molar-refractivity contribution in [2.75, 3.05) is 13.2 Å². The van der Waals surface area contributed by atoms with E-state index in [9.17, 15) is 18.4 Å². The Morgan fingerprint density at radius 2 is 1.95 bits per heavy atom. The molecule has 1 rings (SSSR count). The van der Waals surface area contributed by atoms with Gasteiger partial charge in [0, 0.05) is 13.0 Å². The zero-order valence-corrected chi connectivity index (χ0v) is 11.0. The van der Waals surface area contributed by atoms with E-state index in [0.717, 1.165) is 0 Å². The van der Waals surface area contributed by atoms with E-state index in [1.807, 2.05) is 5.32 Å². The topological polar surface area (TPSA) is 84.9 Å². The molecule has 0 aromatic heterocycles. The minimum Gasteiger partial charge on any atom is -0.477 e. The molecule has 6 nitrogen and oxygen atoms in total. The van der Waals surface area contributed by atoms with Crippen molar-refractivity contribution in [2.45, 2.75) is 44.3 Å². The monoisotopic (exact) mass is 281 g/mol. The summed E-state index contributed by atoms with van der Waals surface area (Å²) >= 11 is 0. The van der Waals surface area contributed by atoms with Crippen molar-refractivity contribution in [2.24, 2.45) is 0 Å². The van der Waals surface area contributed by atoms with E-state index in [1.165, 1.54) is 0 Å². The van der Waals surface area contributed by atoms with Crippen LogP contribution in [0.5, 0.6) is 0 Å². The second-order valence-corrected chi connectivity index (χ2v) is 5.39. The molecule has 8 heteroatoms. The molecule has 0 radical (unpaired) electrons. The highest BCUT2D eigenvalue weighted by Gasteiger charge is 2.62. The summed E-state index contributed by atoms with van der Waals surface area (Å²) in [5, 5.41) is 10.6. The molecule has 1 aliphatic heterocycles. The molecule has 110 valence electrons. The molecular weight excluding hydrogens is 264 g/mol. The molecule has 19 heavy (non-hydrogen) atoms. The van der Waals surface area contributed by atoms with E-state index < -0.39 is 35.7 Å². The van der Waals surface area contributed by atoms with Gasteiger partial charge in [0.25, 0.3) is 0 Å². The molecule has 1 heterocycles. The fourth-order valence-electron chi connectivity index (χ4n) is 1.69. The molecule has 1 unspecified atom stereocenters. The van der Waals surface area contributed by atoms with E-state index >= 15 is 0 Å². The van der Waals surface area contributed by atoms with Crippen molar-refractivity contribution in [1.29, 1.82) is 0 Å². The van der Waals surface area contributed by atoms with E-state index in [2.05, 4.69) is 0 Å². The Labute approximate surface area is 109 Å². The molecule has 0 bridgehead atoms. The number of hydrogen-bond donors (Lipinski definition) is 2. The van der Waals surface area contributed by atoms with E-state index in [1.54, 1.807) is 20.8 Å².